The summed E-state index contributed by atoms with van der Waals surface area (Å²) >= 11 is 0. The van der Waals surface area contributed by atoms with Crippen molar-refractivity contribution in [2.75, 3.05) is 26.7 Å². The van der Waals surface area contributed by atoms with Crippen molar-refractivity contribution in [2.45, 2.75) is 37.6 Å². The van der Waals surface area contributed by atoms with Gasteiger partial charge in [0.2, 0.25) is 10.0 Å². The molecule has 1 N–H and O–H groups in total. The molecular formula is C15H24N2O3S. The average molecular weight is 312 g/mol. The van der Waals surface area contributed by atoms with Gasteiger partial charge >= 0.3 is 0 Å². The van der Waals surface area contributed by atoms with Gasteiger partial charge in [-0.15, -0.1) is 0 Å². The average Bonchev–Trinajstić information content (AvgIpc) is 2.47. The number of aryl methyl sites for hydroxylation is 1. The fraction of sp³-hybridized carbons (Fsp3) is 0.600. The van der Waals surface area contributed by atoms with Gasteiger partial charge in [0.25, 0.3) is 0 Å². The number of hydrogen-bond donors (Lipinski definition) is 1. The molecule has 1 saturated heterocycles. The lowest BCUT2D eigenvalue weighted by Gasteiger charge is -2.32. The van der Waals surface area contributed by atoms with Crippen LogP contribution in [0.3, 0.4) is 0 Å². The smallest absolute Gasteiger partial charge is 0.243 e. The number of nitrogens with zero attached hydrogens (tertiary/aromatic N) is 1. The van der Waals surface area contributed by atoms with E-state index in [1.165, 1.54) is 0 Å². The molecule has 0 saturated carbocycles. The summed E-state index contributed by atoms with van der Waals surface area (Å²) in [6.07, 6.45) is 1.91. The highest BCUT2D eigenvalue weighted by molar-refractivity contribution is 7.89. The highest BCUT2D eigenvalue weighted by Gasteiger charge is 2.30. The third kappa shape index (κ3) is 3.56. The second-order valence-electron chi connectivity index (χ2n) is 5.35. The van der Waals surface area contributed by atoms with E-state index >= 15 is 0 Å². The van der Waals surface area contributed by atoms with Gasteiger partial charge in [-0.2, -0.15) is 4.31 Å². The third-order valence-corrected chi connectivity index (χ3v) is 5.89. The first-order chi connectivity index (χ1) is 9.98. The van der Waals surface area contributed by atoms with Gasteiger partial charge in [-0.3, -0.25) is 0 Å². The molecule has 0 amide bonds. The van der Waals surface area contributed by atoms with E-state index in [9.17, 15) is 8.42 Å². The van der Waals surface area contributed by atoms with E-state index in [-0.39, 0.29) is 6.04 Å². The Bertz CT molecular complexity index is 587. The van der Waals surface area contributed by atoms with Crippen molar-refractivity contribution < 1.29 is 13.2 Å². The first-order valence-corrected chi connectivity index (χ1v) is 8.84. The van der Waals surface area contributed by atoms with E-state index in [0.29, 0.717) is 30.3 Å². The Hall–Kier alpha value is -1.11. The highest BCUT2D eigenvalue weighted by Crippen LogP contribution is 2.26. The molecule has 1 aliphatic heterocycles. The maximum absolute atomic E-state index is 12.8. The van der Waals surface area contributed by atoms with E-state index in [2.05, 4.69) is 5.32 Å². The van der Waals surface area contributed by atoms with Crippen molar-refractivity contribution in [1.29, 1.82) is 0 Å². The molecule has 118 valence electrons. The lowest BCUT2D eigenvalue weighted by atomic mass is 10.1. The van der Waals surface area contributed by atoms with Crippen LogP contribution < -0.4 is 10.1 Å². The van der Waals surface area contributed by atoms with Crippen molar-refractivity contribution in [3.05, 3.63) is 23.8 Å². The lowest BCUT2D eigenvalue weighted by Crippen LogP contribution is -2.46. The van der Waals surface area contributed by atoms with E-state index in [1.54, 1.807) is 22.5 Å². The monoisotopic (exact) mass is 312 g/mol. The van der Waals surface area contributed by atoms with Crippen molar-refractivity contribution in [1.82, 2.24) is 9.62 Å². The quantitative estimate of drug-likeness (QED) is 0.900. The van der Waals surface area contributed by atoms with Crippen molar-refractivity contribution >= 4 is 10.0 Å². The summed E-state index contributed by atoms with van der Waals surface area (Å²) in [6, 6.07) is 5.40. The van der Waals surface area contributed by atoms with E-state index < -0.39 is 10.0 Å². The number of rotatable bonds is 5. The van der Waals surface area contributed by atoms with Gasteiger partial charge in [0, 0.05) is 19.1 Å². The van der Waals surface area contributed by atoms with Gasteiger partial charge < -0.3 is 10.1 Å². The number of ether oxygens (including phenoxy) is 1. The highest BCUT2D eigenvalue weighted by atomic mass is 32.2. The number of hydrogen-bond acceptors (Lipinski definition) is 4. The van der Waals surface area contributed by atoms with Crippen LogP contribution in [0.5, 0.6) is 5.75 Å². The first kappa shape index (κ1) is 16.3. The molecule has 0 aromatic heterocycles. The molecule has 21 heavy (non-hydrogen) atoms. The molecule has 1 fully saturated rings. The Balaban J connectivity index is 2.26. The lowest BCUT2D eigenvalue weighted by molar-refractivity contribution is 0.292. The van der Waals surface area contributed by atoms with E-state index in [1.807, 2.05) is 20.9 Å². The van der Waals surface area contributed by atoms with Crippen LogP contribution in [0, 0.1) is 6.92 Å². The number of nitrogens with one attached hydrogen (secondary N) is 1. The largest absolute Gasteiger partial charge is 0.494 e. The summed E-state index contributed by atoms with van der Waals surface area (Å²) < 4.78 is 32.6. The Labute approximate surface area is 127 Å². The van der Waals surface area contributed by atoms with E-state index in [0.717, 1.165) is 18.4 Å². The second-order valence-corrected chi connectivity index (χ2v) is 7.26. The molecule has 1 unspecified atom stereocenters. The minimum Gasteiger partial charge on any atom is -0.494 e. The number of benzene rings is 1. The molecule has 1 heterocycles. The molecular weight excluding hydrogens is 288 g/mol. The van der Waals surface area contributed by atoms with Gasteiger partial charge in [0.15, 0.2) is 0 Å². The van der Waals surface area contributed by atoms with Crippen molar-refractivity contribution in [3.8, 4) is 5.75 Å². The third-order valence-electron chi connectivity index (χ3n) is 3.87. The molecule has 5 nitrogen and oxygen atoms in total. The molecule has 1 aromatic carbocycles. The predicted octanol–water partition coefficient (Wildman–Crippen LogP) is 1.77. The summed E-state index contributed by atoms with van der Waals surface area (Å²) in [5, 5.41) is 3.17. The summed E-state index contributed by atoms with van der Waals surface area (Å²) in [5.41, 5.74) is 0.729. The van der Waals surface area contributed by atoms with Crippen molar-refractivity contribution in [3.63, 3.8) is 0 Å². The van der Waals surface area contributed by atoms with Crippen LogP contribution in [0.2, 0.25) is 0 Å². The Morgan fingerprint density at radius 2 is 2.19 bits per heavy atom. The number of sulfonamides is 1. The summed E-state index contributed by atoms with van der Waals surface area (Å²) in [4.78, 5) is 0.378. The molecule has 0 aliphatic carbocycles. The fourth-order valence-corrected chi connectivity index (χ4v) is 4.43. The summed E-state index contributed by atoms with van der Waals surface area (Å²) in [6.45, 7) is 5.42. The van der Waals surface area contributed by atoms with Crippen LogP contribution in [-0.4, -0.2) is 45.5 Å². The maximum Gasteiger partial charge on any atom is 0.243 e. The fourth-order valence-electron chi connectivity index (χ4n) is 2.70. The normalized spacial score (nSPS) is 20.4. The van der Waals surface area contributed by atoms with Crippen LogP contribution in [-0.2, 0) is 10.0 Å². The molecule has 1 atom stereocenters. The Morgan fingerprint density at radius 1 is 1.43 bits per heavy atom. The summed E-state index contributed by atoms with van der Waals surface area (Å²) in [5.74, 6) is 0.709. The zero-order valence-corrected chi connectivity index (χ0v) is 13.7. The van der Waals surface area contributed by atoms with Crippen LogP contribution in [0.15, 0.2) is 23.1 Å². The maximum atomic E-state index is 12.8. The van der Waals surface area contributed by atoms with Gasteiger partial charge in [0.1, 0.15) is 5.75 Å². The van der Waals surface area contributed by atoms with E-state index in [4.69, 9.17) is 4.74 Å². The zero-order valence-electron chi connectivity index (χ0n) is 12.9. The molecule has 1 aliphatic rings. The zero-order chi connectivity index (χ0) is 15.5. The second kappa shape index (κ2) is 6.77. The van der Waals surface area contributed by atoms with Crippen LogP contribution >= 0.6 is 0 Å². The molecule has 0 radical (unpaired) electrons. The van der Waals surface area contributed by atoms with Gasteiger partial charge in [-0.1, -0.05) is 0 Å². The van der Waals surface area contributed by atoms with Gasteiger partial charge in [-0.25, -0.2) is 8.42 Å². The summed E-state index contributed by atoms with van der Waals surface area (Å²) in [7, 11) is -1.55. The van der Waals surface area contributed by atoms with Crippen LogP contribution in [0.25, 0.3) is 0 Å². The predicted molar refractivity (Wildman–Crippen MR) is 83.2 cm³/mol. The molecule has 6 heteroatoms. The molecule has 0 spiro atoms. The Morgan fingerprint density at radius 3 is 2.81 bits per heavy atom. The Kier molecular flexibility index (Phi) is 5.24. The molecule has 1 aromatic rings. The SMILES string of the molecule is CCOc1ccc(S(=O)(=O)N2CCCC(NC)C2)c(C)c1. The molecule has 2 rings (SSSR count). The van der Waals surface area contributed by atoms with Gasteiger partial charge in [0.05, 0.1) is 11.5 Å². The van der Waals surface area contributed by atoms with Crippen LogP contribution in [0.1, 0.15) is 25.3 Å². The van der Waals surface area contributed by atoms with Crippen LogP contribution in [0.4, 0.5) is 0 Å². The molecule has 0 bridgehead atoms. The minimum absolute atomic E-state index is 0.233. The van der Waals surface area contributed by atoms with Crippen molar-refractivity contribution in [2.24, 2.45) is 0 Å². The minimum atomic E-state index is -3.43. The number of piperidine rings is 1. The first-order valence-electron chi connectivity index (χ1n) is 7.40. The standard InChI is InChI=1S/C15H24N2O3S/c1-4-20-14-7-8-15(12(2)10-14)21(18,19)17-9-5-6-13(11-17)16-3/h7-8,10,13,16H,4-6,9,11H2,1-3H3. The number of likely N-dealkylation sites (N-methyl/N-ethyl adjacent to an activating group) is 1. The topological polar surface area (TPSA) is 58.6 Å². The van der Waals surface area contributed by atoms with Gasteiger partial charge in [-0.05, 0) is 57.5 Å².